The molecular formula is C36H46N8O8. The fourth-order valence-corrected chi connectivity index (χ4v) is 5.34. The molecular weight excluding hydrogens is 672 g/mol. The number of carboxylic acid groups (broad SMARTS) is 1. The van der Waals surface area contributed by atoms with Crippen LogP contribution in [0.3, 0.4) is 0 Å². The fourth-order valence-electron chi connectivity index (χ4n) is 5.34. The van der Waals surface area contributed by atoms with E-state index in [0.29, 0.717) is 25.1 Å². The third-order valence-corrected chi connectivity index (χ3v) is 7.80. The van der Waals surface area contributed by atoms with Gasteiger partial charge in [-0.2, -0.15) is 0 Å². The van der Waals surface area contributed by atoms with Crippen LogP contribution in [-0.4, -0.2) is 86.4 Å². The van der Waals surface area contributed by atoms with Crippen LogP contribution in [0.2, 0.25) is 0 Å². The average molecular weight is 719 g/mol. The molecule has 0 spiro atoms. The van der Waals surface area contributed by atoms with E-state index in [1.54, 1.807) is 0 Å². The van der Waals surface area contributed by atoms with E-state index in [0.717, 1.165) is 28.7 Å². The highest BCUT2D eigenvalue weighted by Crippen LogP contribution is 2.44. The summed E-state index contributed by atoms with van der Waals surface area (Å²) in [7, 11) is 0. The topological polar surface area (TPSA) is 256 Å². The molecule has 278 valence electrons. The zero-order chi connectivity index (χ0) is 37.9. The Bertz CT molecular complexity index is 1640. The van der Waals surface area contributed by atoms with Gasteiger partial charge in [-0.05, 0) is 65.8 Å². The standard InChI is InChI=1S/C32H36N6O7.C4H10N2O/c33-31(43)35-15-5-10-27(29(40)37-18-28(39)38-21-13-11-20(12-14-21)30(41)42)34-16-17-36-32(44)45-19-26-24-8-3-1-6-22(24)23-7-2-4-9-25(23)26;1-2-3-6-4(5)7/h1-4,6-9,11-14,26-27,34H,5,10,15-19H2,(H,36,44)(H,37,40)(H,38,39)(H,41,42)(H3,33,35,43);2-3H2,1H3,(H3,5,6,7). The van der Waals surface area contributed by atoms with Crippen LogP contribution in [0.5, 0.6) is 0 Å². The lowest BCUT2D eigenvalue weighted by Crippen LogP contribution is -2.48. The summed E-state index contributed by atoms with van der Waals surface area (Å²) < 4.78 is 5.55. The number of rotatable bonds is 17. The number of hydrogen-bond donors (Lipinski definition) is 9. The Morgan fingerprint density at radius 1 is 0.750 bits per heavy atom. The number of alkyl carbamates (subject to hydrolysis) is 1. The van der Waals surface area contributed by atoms with E-state index >= 15 is 0 Å². The zero-order valence-corrected chi connectivity index (χ0v) is 28.9. The summed E-state index contributed by atoms with van der Waals surface area (Å²) in [5, 5.41) is 24.8. The summed E-state index contributed by atoms with van der Waals surface area (Å²) in [6.45, 7) is 3.16. The first kappa shape index (κ1) is 40.3. The van der Waals surface area contributed by atoms with E-state index in [1.807, 2.05) is 43.3 Å². The molecule has 1 aliphatic rings. The number of nitrogens with two attached hydrogens (primary N) is 2. The van der Waals surface area contributed by atoms with Gasteiger partial charge in [0.15, 0.2) is 0 Å². The lowest BCUT2D eigenvalue weighted by molar-refractivity contribution is -0.125. The lowest BCUT2D eigenvalue weighted by Gasteiger charge is -2.19. The maximum absolute atomic E-state index is 12.9. The number of carbonyl (C=O) groups excluding carboxylic acids is 5. The van der Waals surface area contributed by atoms with Gasteiger partial charge in [-0.3, -0.25) is 9.59 Å². The molecule has 0 heterocycles. The molecule has 0 bridgehead atoms. The number of urea groups is 2. The van der Waals surface area contributed by atoms with Crippen molar-refractivity contribution >= 4 is 41.6 Å². The number of primary amides is 2. The van der Waals surface area contributed by atoms with E-state index in [9.17, 15) is 28.8 Å². The molecule has 0 fully saturated rings. The van der Waals surface area contributed by atoms with Crippen LogP contribution in [0.4, 0.5) is 20.1 Å². The van der Waals surface area contributed by atoms with Gasteiger partial charge in [0.25, 0.3) is 0 Å². The van der Waals surface area contributed by atoms with Gasteiger partial charge in [0, 0.05) is 37.8 Å². The first-order valence-electron chi connectivity index (χ1n) is 16.8. The zero-order valence-electron chi connectivity index (χ0n) is 28.9. The smallest absolute Gasteiger partial charge is 0.407 e. The minimum Gasteiger partial charge on any atom is -0.478 e. The number of nitrogens with one attached hydrogen (secondary N) is 6. The average Bonchev–Trinajstić information content (AvgIpc) is 3.45. The van der Waals surface area contributed by atoms with Crippen LogP contribution in [0.1, 0.15) is 53.6 Å². The molecule has 1 aliphatic carbocycles. The number of ether oxygens (including phenoxy) is 1. The van der Waals surface area contributed by atoms with Gasteiger partial charge in [-0.25, -0.2) is 19.2 Å². The third-order valence-electron chi connectivity index (χ3n) is 7.80. The Labute approximate surface area is 301 Å². The van der Waals surface area contributed by atoms with Crippen molar-refractivity contribution in [3.8, 4) is 11.1 Å². The molecule has 52 heavy (non-hydrogen) atoms. The van der Waals surface area contributed by atoms with Gasteiger partial charge < -0.3 is 53.2 Å². The highest BCUT2D eigenvalue weighted by atomic mass is 16.5. The first-order valence-corrected chi connectivity index (χ1v) is 16.8. The van der Waals surface area contributed by atoms with Crippen molar-refractivity contribution in [3.63, 3.8) is 0 Å². The minimum atomic E-state index is -1.09. The van der Waals surface area contributed by atoms with Gasteiger partial charge >= 0.3 is 24.1 Å². The van der Waals surface area contributed by atoms with Crippen molar-refractivity contribution in [3.05, 3.63) is 89.5 Å². The van der Waals surface area contributed by atoms with Gasteiger partial charge in [0.05, 0.1) is 18.2 Å². The molecule has 16 nitrogen and oxygen atoms in total. The largest absolute Gasteiger partial charge is 0.478 e. The summed E-state index contributed by atoms with van der Waals surface area (Å²) in [5.74, 6) is -2.10. The van der Waals surface area contributed by atoms with E-state index in [1.165, 1.54) is 24.3 Å². The van der Waals surface area contributed by atoms with Crippen LogP contribution in [0, 0.1) is 0 Å². The molecule has 0 aromatic heterocycles. The number of hydrogen-bond acceptors (Lipinski definition) is 8. The van der Waals surface area contributed by atoms with Crippen LogP contribution >= 0.6 is 0 Å². The fraction of sp³-hybridized carbons (Fsp3) is 0.333. The number of carboxylic acids is 1. The molecule has 4 rings (SSSR count). The quantitative estimate of drug-likeness (QED) is 0.0928. The van der Waals surface area contributed by atoms with Crippen molar-refractivity contribution < 1.29 is 38.6 Å². The van der Waals surface area contributed by atoms with E-state index in [4.69, 9.17) is 21.3 Å². The van der Waals surface area contributed by atoms with Crippen molar-refractivity contribution in [2.24, 2.45) is 11.5 Å². The molecule has 1 unspecified atom stereocenters. The molecule has 3 aromatic rings. The predicted octanol–water partition coefficient (Wildman–Crippen LogP) is 2.45. The SMILES string of the molecule is CCCNC(N)=O.NC(=O)NCCCC(NCCNC(=O)OCC1c2ccccc2-c2ccccc21)C(=O)NCC(=O)Nc1ccc(C(=O)O)cc1. The summed E-state index contributed by atoms with van der Waals surface area (Å²) in [6, 6.07) is 19.9. The molecule has 3 aromatic carbocycles. The van der Waals surface area contributed by atoms with Crippen LogP contribution < -0.4 is 43.4 Å². The molecule has 1 atom stereocenters. The molecule has 7 amide bonds. The molecule has 16 heteroatoms. The van der Waals surface area contributed by atoms with Crippen molar-refractivity contribution in [1.82, 2.24) is 26.6 Å². The van der Waals surface area contributed by atoms with E-state index in [-0.39, 0.29) is 44.3 Å². The highest BCUT2D eigenvalue weighted by Gasteiger charge is 2.29. The van der Waals surface area contributed by atoms with Gasteiger partial charge in [-0.15, -0.1) is 0 Å². The van der Waals surface area contributed by atoms with Crippen LogP contribution in [0.25, 0.3) is 11.1 Å². The Kier molecular flexibility index (Phi) is 16.4. The van der Waals surface area contributed by atoms with Crippen LogP contribution in [0.15, 0.2) is 72.8 Å². The molecule has 0 saturated carbocycles. The number of benzene rings is 3. The van der Waals surface area contributed by atoms with Crippen LogP contribution in [-0.2, 0) is 14.3 Å². The normalized spacial score (nSPS) is 11.7. The molecule has 0 saturated heterocycles. The molecule has 0 aliphatic heterocycles. The molecule has 0 radical (unpaired) electrons. The molecule has 11 N–H and O–H groups in total. The summed E-state index contributed by atoms with van der Waals surface area (Å²) in [5.41, 5.74) is 14.8. The van der Waals surface area contributed by atoms with Crippen molar-refractivity contribution in [2.75, 3.05) is 44.6 Å². The second kappa shape index (κ2) is 21.1. The summed E-state index contributed by atoms with van der Waals surface area (Å²) >= 11 is 0. The van der Waals surface area contributed by atoms with Gasteiger partial charge in [0.2, 0.25) is 11.8 Å². The first-order chi connectivity index (χ1) is 25.0. The van der Waals surface area contributed by atoms with E-state index < -0.39 is 42.0 Å². The Balaban J connectivity index is 0.000000944. The number of aromatic carboxylic acids is 1. The van der Waals surface area contributed by atoms with Gasteiger partial charge in [-0.1, -0.05) is 55.5 Å². The maximum atomic E-state index is 12.9. The number of carbonyl (C=O) groups is 6. The number of amides is 7. The monoisotopic (exact) mass is 718 g/mol. The highest BCUT2D eigenvalue weighted by molar-refractivity contribution is 5.96. The maximum Gasteiger partial charge on any atom is 0.407 e. The number of anilines is 1. The summed E-state index contributed by atoms with van der Waals surface area (Å²) in [4.78, 5) is 69.6. The minimum absolute atomic E-state index is 0.0651. The Hall–Kier alpha value is -6.16. The Morgan fingerprint density at radius 2 is 1.35 bits per heavy atom. The van der Waals surface area contributed by atoms with Gasteiger partial charge in [0.1, 0.15) is 6.61 Å². The third kappa shape index (κ3) is 13.3. The van der Waals surface area contributed by atoms with Crippen molar-refractivity contribution in [1.29, 1.82) is 0 Å². The predicted molar refractivity (Wildman–Crippen MR) is 195 cm³/mol. The summed E-state index contributed by atoms with van der Waals surface area (Å²) in [6.07, 6.45) is 1.09. The second-order valence-corrected chi connectivity index (χ2v) is 11.6. The van der Waals surface area contributed by atoms with Crippen molar-refractivity contribution in [2.45, 2.75) is 38.1 Å². The second-order valence-electron chi connectivity index (χ2n) is 11.6. The van der Waals surface area contributed by atoms with E-state index in [2.05, 4.69) is 44.0 Å². The number of fused-ring (bicyclic) bond motifs is 3. The Morgan fingerprint density at radius 3 is 1.90 bits per heavy atom. The lowest BCUT2D eigenvalue weighted by atomic mass is 9.98.